The van der Waals surface area contributed by atoms with E-state index < -0.39 is 0 Å². The van der Waals surface area contributed by atoms with Gasteiger partial charge >= 0.3 is 0 Å². The van der Waals surface area contributed by atoms with Gasteiger partial charge in [0.25, 0.3) is 6.47 Å². The van der Waals surface area contributed by atoms with E-state index >= 15 is 0 Å². The number of Topliss-reactive ketones (excluding diaryl/α,β-unsaturated/α-hetero) is 1. The maximum Gasteiger partial charge on any atom is 0.293 e. The maximum atomic E-state index is 10.5. The van der Waals surface area contributed by atoms with E-state index in [2.05, 4.69) is 4.74 Å². The van der Waals surface area contributed by atoms with Crippen molar-refractivity contribution in [2.24, 2.45) is 0 Å². The molecule has 0 amide bonds. The van der Waals surface area contributed by atoms with E-state index in [1.54, 1.807) is 6.92 Å². The van der Waals surface area contributed by atoms with Crippen LogP contribution < -0.4 is 0 Å². The van der Waals surface area contributed by atoms with Gasteiger partial charge in [0.15, 0.2) is 0 Å². The molecule has 0 aliphatic rings. The van der Waals surface area contributed by atoms with E-state index in [-0.39, 0.29) is 11.9 Å². The number of ketones is 1. The van der Waals surface area contributed by atoms with E-state index in [9.17, 15) is 9.59 Å². The van der Waals surface area contributed by atoms with Crippen LogP contribution in [0.4, 0.5) is 0 Å². The number of carbonyl (C=O) groups excluding carboxylic acids is 2. The third kappa shape index (κ3) is 7.03. The van der Waals surface area contributed by atoms with Crippen LogP contribution in [0.15, 0.2) is 0 Å². The second-order valence-electron chi connectivity index (χ2n) is 2.64. The zero-order valence-corrected chi connectivity index (χ0v) is 7.00. The monoisotopic (exact) mass is 158 g/mol. The highest BCUT2D eigenvalue weighted by molar-refractivity contribution is 5.75. The molecule has 3 heteroatoms. The molecule has 0 rings (SSSR count). The summed E-state index contributed by atoms with van der Waals surface area (Å²) < 4.78 is 4.63. The van der Waals surface area contributed by atoms with E-state index in [1.807, 2.05) is 6.92 Å². The average molecular weight is 158 g/mol. The second-order valence-corrected chi connectivity index (χ2v) is 2.64. The molecule has 3 nitrogen and oxygen atoms in total. The largest absolute Gasteiger partial charge is 0.465 e. The summed E-state index contributed by atoms with van der Waals surface area (Å²) in [5.41, 5.74) is 0. The Labute approximate surface area is 66.7 Å². The summed E-state index contributed by atoms with van der Waals surface area (Å²) in [6, 6.07) is 0. The predicted octanol–water partition coefficient (Wildman–Crippen LogP) is 1.31. The molecular weight excluding hydrogens is 144 g/mol. The van der Waals surface area contributed by atoms with Gasteiger partial charge in [0.2, 0.25) is 0 Å². The number of rotatable bonds is 6. The van der Waals surface area contributed by atoms with Gasteiger partial charge in [-0.1, -0.05) is 0 Å². The van der Waals surface area contributed by atoms with Gasteiger partial charge in [0.1, 0.15) is 5.78 Å². The first-order valence-electron chi connectivity index (χ1n) is 3.75. The minimum atomic E-state index is -0.0631. The number of ether oxygens (including phenoxy) is 1. The molecule has 0 unspecified atom stereocenters. The molecule has 64 valence electrons. The van der Waals surface area contributed by atoms with E-state index in [0.717, 1.165) is 12.8 Å². The molecule has 0 spiro atoms. The molecule has 0 aliphatic carbocycles. The van der Waals surface area contributed by atoms with Crippen LogP contribution in [0.25, 0.3) is 0 Å². The minimum absolute atomic E-state index is 0.0631. The second kappa shape index (κ2) is 5.89. The van der Waals surface area contributed by atoms with Gasteiger partial charge in [-0.25, -0.2) is 0 Å². The van der Waals surface area contributed by atoms with Gasteiger partial charge in [0.05, 0.1) is 6.10 Å². The lowest BCUT2D eigenvalue weighted by Gasteiger charge is -2.07. The van der Waals surface area contributed by atoms with Crippen molar-refractivity contribution in [2.45, 2.75) is 39.2 Å². The van der Waals surface area contributed by atoms with E-state index in [4.69, 9.17) is 0 Å². The van der Waals surface area contributed by atoms with Crippen molar-refractivity contribution < 1.29 is 14.3 Å². The van der Waals surface area contributed by atoms with Crippen molar-refractivity contribution >= 4 is 12.3 Å². The lowest BCUT2D eigenvalue weighted by molar-refractivity contribution is -0.133. The Morgan fingerprint density at radius 1 is 1.64 bits per heavy atom. The van der Waals surface area contributed by atoms with Gasteiger partial charge < -0.3 is 9.53 Å². The van der Waals surface area contributed by atoms with Crippen molar-refractivity contribution in [3.63, 3.8) is 0 Å². The summed E-state index contributed by atoms with van der Waals surface area (Å²) in [6.45, 7) is 3.82. The standard InChI is InChI=1S/C8H14O3/c1-7(10)4-3-5-8(2)11-6-9/h6,8H,3-5H2,1-2H3/t8-/m0/s1. The van der Waals surface area contributed by atoms with Crippen LogP contribution in [0.2, 0.25) is 0 Å². The molecule has 11 heavy (non-hydrogen) atoms. The minimum Gasteiger partial charge on any atom is -0.465 e. The Balaban J connectivity index is 3.23. The highest BCUT2D eigenvalue weighted by Gasteiger charge is 2.01. The topological polar surface area (TPSA) is 43.4 Å². The zero-order chi connectivity index (χ0) is 8.69. The first kappa shape index (κ1) is 10.1. The van der Waals surface area contributed by atoms with E-state index in [1.165, 1.54) is 0 Å². The molecular formula is C8H14O3. The summed E-state index contributed by atoms with van der Waals surface area (Å²) in [7, 11) is 0. The van der Waals surface area contributed by atoms with Gasteiger partial charge in [-0.05, 0) is 26.7 Å². The molecule has 0 N–H and O–H groups in total. The molecule has 0 fully saturated rings. The van der Waals surface area contributed by atoms with Crippen LogP contribution in [0, 0.1) is 0 Å². The average Bonchev–Trinajstić information content (AvgIpc) is 1.87. The smallest absolute Gasteiger partial charge is 0.293 e. The molecule has 0 aliphatic heterocycles. The molecule has 0 bridgehead atoms. The van der Waals surface area contributed by atoms with Crippen LogP contribution in [-0.4, -0.2) is 18.4 Å². The van der Waals surface area contributed by atoms with Crippen molar-refractivity contribution in [3.8, 4) is 0 Å². The number of hydrogen-bond donors (Lipinski definition) is 0. The quantitative estimate of drug-likeness (QED) is 0.547. The van der Waals surface area contributed by atoms with Crippen molar-refractivity contribution in [3.05, 3.63) is 0 Å². The van der Waals surface area contributed by atoms with Crippen LogP contribution in [0.5, 0.6) is 0 Å². The first-order valence-corrected chi connectivity index (χ1v) is 3.75. The lowest BCUT2D eigenvalue weighted by atomic mass is 10.1. The fourth-order valence-electron chi connectivity index (χ4n) is 0.801. The third-order valence-electron chi connectivity index (χ3n) is 1.43. The fourth-order valence-corrected chi connectivity index (χ4v) is 0.801. The summed E-state index contributed by atoms with van der Waals surface area (Å²) in [5, 5.41) is 0. The predicted molar refractivity (Wildman–Crippen MR) is 41.1 cm³/mol. The summed E-state index contributed by atoms with van der Waals surface area (Å²) >= 11 is 0. The van der Waals surface area contributed by atoms with Gasteiger partial charge in [-0.2, -0.15) is 0 Å². The number of hydrogen-bond acceptors (Lipinski definition) is 3. The normalized spacial score (nSPS) is 12.2. The Hall–Kier alpha value is -0.860. The Morgan fingerprint density at radius 3 is 2.73 bits per heavy atom. The molecule has 1 atom stereocenters. The van der Waals surface area contributed by atoms with Gasteiger partial charge in [0, 0.05) is 6.42 Å². The fraction of sp³-hybridized carbons (Fsp3) is 0.750. The SMILES string of the molecule is CC(=O)CCC[C@H](C)OC=O. The summed E-state index contributed by atoms with van der Waals surface area (Å²) in [6.07, 6.45) is 2.07. The highest BCUT2D eigenvalue weighted by atomic mass is 16.5. The van der Waals surface area contributed by atoms with Crippen LogP contribution >= 0.6 is 0 Å². The summed E-state index contributed by atoms with van der Waals surface area (Å²) in [4.78, 5) is 20.3. The maximum absolute atomic E-state index is 10.5. The highest BCUT2D eigenvalue weighted by Crippen LogP contribution is 2.03. The Morgan fingerprint density at radius 2 is 2.27 bits per heavy atom. The molecule has 0 heterocycles. The molecule has 0 aromatic heterocycles. The molecule has 0 aromatic carbocycles. The van der Waals surface area contributed by atoms with E-state index in [0.29, 0.717) is 12.9 Å². The van der Waals surface area contributed by atoms with Crippen LogP contribution in [-0.2, 0) is 14.3 Å². The Kier molecular flexibility index (Phi) is 5.43. The van der Waals surface area contributed by atoms with Crippen molar-refractivity contribution in [1.29, 1.82) is 0 Å². The summed E-state index contributed by atoms with van der Waals surface area (Å²) in [5.74, 6) is 0.184. The molecule has 0 radical (unpaired) electrons. The van der Waals surface area contributed by atoms with Crippen LogP contribution in [0.3, 0.4) is 0 Å². The third-order valence-corrected chi connectivity index (χ3v) is 1.43. The zero-order valence-electron chi connectivity index (χ0n) is 7.00. The van der Waals surface area contributed by atoms with Crippen molar-refractivity contribution in [2.75, 3.05) is 0 Å². The Bertz CT molecular complexity index is 131. The van der Waals surface area contributed by atoms with Gasteiger partial charge in [-0.15, -0.1) is 0 Å². The molecule has 0 saturated carbocycles. The molecule has 0 aromatic rings. The molecule has 0 saturated heterocycles. The number of carbonyl (C=O) groups is 2. The van der Waals surface area contributed by atoms with Crippen LogP contribution in [0.1, 0.15) is 33.1 Å². The first-order chi connectivity index (χ1) is 5.16. The lowest BCUT2D eigenvalue weighted by Crippen LogP contribution is -2.06. The van der Waals surface area contributed by atoms with Crippen molar-refractivity contribution in [1.82, 2.24) is 0 Å². The van der Waals surface area contributed by atoms with Gasteiger partial charge in [-0.3, -0.25) is 4.79 Å².